The number of hydrogen-bond acceptors (Lipinski definition) is 8. The van der Waals surface area contributed by atoms with E-state index >= 15 is 0 Å². The Labute approximate surface area is 188 Å². The molecule has 3 rings (SSSR count). The van der Waals surface area contributed by atoms with Gasteiger partial charge in [-0.25, -0.2) is 18.4 Å². The van der Waals surface area contributed by atoms with Gasteiger partial charge in [-0.15, -0.1) is 0 Å². The molecule has 176 valence electrons. The van der Waals surface area contributed by atoms with E-state index in [4.69, 9.17) is 4.74 Å². The molecule has 0 radical (unpaired) electrons. The quantitative estimate of drug-likeness (QED) is 0.419. The Morgan fingerprint density at radius 1 is 1.09 bits per heavy atom. The van der Waals surface area contributed by atoms with Crippen LogP contribution in [0.1, 0.15) is 18.1 Å². The molecule has 0 aliphatic heterocycles. The number of nitrogens with zero attached hydrogens (tertiary/aromatic N) is 3. The molecule has 0 spiro atoms. The molecule has 3 aromatic rings. The first-order valence-electron chi connectivity index (χ1n) is 9.65. The average molecular weight is 482 g/mol. The van der Waals surface area contributed by atoms with Gasteiger partial charge in [-0.1, -0.05) is 12.1 Å². The molecule has 0 aliphatic rings. The van der Waals surface area contributed by atoms with Gasteiger partial charge < -0.3 is 15.4 Å². The maximum Gasteiger partial charge on any atom is 0.421 e. The van der Waals surface area contributed by atoms with Gasteiger partial charge in [-0.3, -0.25) is 4.72 Å². The number of anilines is 4. The van der Waals surface area contributed by atoms with E-state index in [-0.39, 0.29) is 24.1 Å². The van der Waals surface area contributed by atoms with Gasteiger partial charge >= 0.3 is 6.18 Å². The highest BCUT2D eigenvalue weighted by molar-refractivity contribution is 7.92. The minimum Gasteiger partial charge on any atom is -0.497 e. The van der Waals surface area contributed by atoms with E-state index in [0.29, 0.717) is 23.2 Å². The Bertz CT molecular complexity index is 1220. The monoisotopic (exact) mass is 482 g/mol. The molecule has 9 nitrogen and oxygen atoms in total. The van der Waals surface area contributed by atoms with Crippen LogP contribution in [0.15, 0.2) is 48.8 Å². The Morgan fingerprint density at radius 2 is 1.88 bits per heavy atom. The van der Waals surface area contributed by atoms with E-state index < -0.39 is 27.6 Å². The van der Waals surface area contributed by atoms with Crippen molar-refractivity contribution in [1.82, 2.24) is 15.0 Å². The van der Waals surface area contributed by atoms with E-state index in [1.807, 2.05) is 0 Å². The summed E-state index contributed by atoms with van der Waals surface area (Å²) in [6.45, 7) is 1.28. The number of benzene rings is 1. The van der Waals surface area contributed by atoms with Gasteiger partial charge in [0.25, 0.3) is 0 Å². The van der Waals surface area contributed by atoms with Gasteiger partial charge in [0.15, 0.2) is 0 Å². The van der Waals surface area contributed by atoms with E-state index in [1.165, 1.54) is 26.3 Å². The molecule has 2 heterocycles. The number of pyridine rings is 1. The molecule has 0 fully saturated rings. The lowest BCUT2D eigenvalue weighted by molar-refractivity contribution is -0.137. The van der Waals surface area contributed by atoms with E-state index in [0.717, 1.165) is 0 Å². The van der Waals surface area contributed by atoms with Crippen molar-refractivity contribution in [3.8, 4) is 5.75 Å². The summed E-state index contributed by atoms with van der Waals surface area (Å²) in [5, 5.41) is 5.45. The average Bonchev–Trinajstić information content (AvgIpc) is 2.78. The fourth-order valence-electron chi connectivity index (χ4n) is 2.69. The van der Waals surface area contributed by atoms with Crippen LogP contribution >= 0.6 is 0 Å². The highest BCUT2D eigenvalue weighted by Crippen LogP contribution is 2.34. The Balaban J connectivity index is 1.88. The highest BCUT2D eigenvalue weighted by atomic mass is 32.2. The Kier molecular flexibility index (Phi) is 7.21. The number of rotatable bonds is 9. The van der Waals surface area contributed by atoms with Crippen LogP contribution in [0.2, 0.25) is 0 Å². The van der Waals surface area contributed by atoms with Crippen LogP contribution in [0.25, 0.3) is 0 Å². The lowest BCUT2D eigenvalue weighted by Crippen LogP contribution is -2.18. The number of sulfonamides is 1. The Morgan fingerprint density at radius 3 is 2.58 bits per heavy atom. The SMILES string of the molecule is CCS(=O)(=O)Nc1ncccc1CNc1nc(Nc2cccc(OC)c2)ncc1C(F)(F)F. The van der Waals surface area contributed by atoms with Gasteiger partial charge in [0.2, 0.25) is 16.0 Å². The van der Waals surface area contributed by atoms with Gasteiger partial charge in [-0.05, 0) is 25.1 Å². The topological polar surface area (TPSA) is 118 Å². The van der Waals surface area contributed by atoms with Gasteiger partial charge in [0.1, 0.15) is 22.9 Å². The minimum atomic E-state index is -4.71. The summed E-state index contributed by atoms with van der Waals surface area (Å²) < 4.78 is 71.8. The summed E-state index contributed by atoms with van der Waals surface area (Å²) >= 11 is 0. The van der Waals surface area contributed by atoms with Crippen LogP contribution in [0.3, 0.4) is 0 Å². The molecule has 0 saturated carbocycles. The second-order valence-corrected chi connectivity index (χ2v) is 8.69. The van der Waals surface area contributed by atoms with Gasteiger partial charge in [0.05, 0.1) is 12.9 Å². The summed E-state index contributed by atoms with van der Waals surface area (Å²) in [5.41, 5.74) is -0.217. The number of nitrogens with one attached hydrogen (secondary N) is 3. The van der Waals surface area contributed by atoms with E-state index in [9.17, 15) is 21.6 Å². The van der Waals surface area contributed by atoms with E-state index in [1.54, 1.807) is 30.3 Å². The van der Waals surface area contributed by atoms with Crippen molar-refractivity contribution in [2.45, 2.75) is 19.6 Å². The first-order chi connectivity index (χ1) is 15.6. The minimum absolute atomic E-state index is 0.0178. The zero-order chi connectivity index (χ0) is 24.1. The number of hydrogen-bond donors (Lipinski definition) is 3. The molecule has 0 unspecified atom stereocenters. The third kappa shape index (κ3) is 6.44. The lowest BCUT2D eigenvalue weighted by atomic mass is 10.2. The normalized spacial score (nSPS) is 11.7. The molecular formula is C20H21F3N6O3S. The number of alkyl halides is 3. The standard InChI is InChI=1S/C20H21F3N6O3S/c1-3-33(30,31)29-17-13(6-5-9-24-17)11-25-18-16(20(21,22)23)12-26-19(28-18)27-14-7-4-8-15(10-14)32-2/h4-10,12H,3,11H2,1-2H3,(H,24,29)(H2,25,26,27,28). The predicted molar refractivity (Wildman–Crippen MR) is 118 cm³/mol. The van der Waals surface area contributed by atoms with Crippen LogP contribution in [0.4, 0.5) is 36.4 Å². The molecule has 13 heteroatoms. The second kappa shape index (κ2) is 9.90. The maximum absolute atomic E-state index is 13.5. The summed E-state index contributed by atoms with van der Waals surface area (Å²) in [4.78, 5) is 11.7. The summed E-state index contributed by atoms with van der Waals surface area (Å²) in [5.74, 6) is -0.166. The van der Waals surface area contributed by atoms with Crippen LogP contribution < -0.4 is 20.1 Å². The number of aromatic nitrogens is 3. The number of halogens is 3. The van der Waals surface area contributed by atoms with Crippen LogP contribution in [-0.2, 0) is 22.7 Å². The Hall–Kier alpha value is -3.61. The van der Waals surface area contributed by atoms with Crippen molar-refractivity contribution in [2.24, 2.45) is 0 Å². The highest BCUT2D eigenvalue weighted by Gasteiger charge is 2.35. The molecule has 0 aliphatic carbocycles. The van der Waals surface area contributed by atoms with Crippen LogP contribution in [-0.4, -0.2) is 36.2 Å². The number of ether oxygens (including phenoxy) is 1. The summed E-state index contributed by atoms with van der Waals surface area (Å²) in [7, 11) is -2.13. The zero-order valence-electron chi connectivity index (χ0n) is 17.6. The second-order valence-electron chi connectivity index (χ2n) is 6.68. The van der Waals surface area contributed by atoms with Crippen LogP contribution in [0, 0.1) is 0 Å². The molecule has 0 bridgehead atoms. The number of methoxy groups -OCH3 is 1. The summed E-state index contributed by atoms with van der Waals surface area (Å²) in [6.07, 6.45) is -2.67. The third-order valence-corrected chi connectivity index (χ3v) is 5.65. The first kappa shape index (κ1) is 24.0. The smallest absolute Gasteiger partial charge is 0.421 e. The molecule has 33 heavy (non-hydrogen) atoms. The third-order valence-electron chi connectivity index (χ3n) is 4.39. The molecule has 1 aromatic carbocycles. The lowest BCUT2D eigenvalue weighted by Gasteiger charge is -2.16. The van der Waals surface area contributed by atoms with Crippen molar-refractivity contribution >= 4 is 33.3 Å². The molecule has 0 saturated heterocycles. The van der Waals surface area contributed by atoms with Crippen molar-refractivity contribution in [2.75, 3.05) is 28.2 Å². The molecule has 0 atom stereocenters. The fraction of sp³-hybridized carbons (Fsp3) is 0.250. The van der Waals surface area contributed by atoms with Crippen molar-refractivity contribution in [3.05, 3.63) is 59.9 Å². The maximum atomic E-state index is 13.5. The fourth-order valence-corrected chi connectivity index (χ4v) is 3.31. The predicted octanol–water partition coefficient (Wildman–Crippen LogP) is 4.02. The zero-order valence-corrected chi connectivity index (χ0v) is 18.5. The molecule has 2 aromatic heterocycles. The van der Waals surface area contributed by atoms with E-state index in [2.05, 4.69) is 30.3 Å². The molecule has 3 N–H and O–H groups in total. The molecular weight excluding hydrogens is 461 g/mol. The first-order valence-corrected chi connectivity index (χ1v) is 11.3. The van der Waals surface area contributed by atoms with Gasteiger partial charge in [0, 0.05) is 36.3 Å². The molecule has 0 amide bonds. The van der Waals surface area contributed by atoms with Crippen LogP contribution in [0.5, 0.6) is 5.75 Å². The largest absolute Gasteiger partial charge is 0.497 e. The summed E-state index contributed by atoms with van der Waals surface area (Å²) in [6, 6.07) is 9.81. The van der Waals surface area contributed by atoms with Crippen molar-refractivity contribution < 1.29 is 26.3 Å². The van der Waals surface area contributed by atoms with Gasteiger partial charge in [-0.2, -0.15) is 18.2 Å². The van der Waals surface area contributed by atoms with Crippen molar-refractivity contribution in [3.63, 3.8) is 0 Å². The van der Waals surface area contributed by atoms with Crippen molar-refractivity contribution in [1.29, 1.82) is 0 Å².